The van der Waals surface area contributed by atoms with Crippen LogP contribution < -0.4 is 0 Å². The summed E-state index contributed by atoms with van der Waals surface area (Å²) in [5.74, 6) is -3.51. The van der Waals surface area contributed by atoms with Crippen LogP contribution >= 0.6 is 0 Å². The first-order valence-corrected chi connectivity index (χ1v) is 14.0. The van der Waals surface area contributed by atoms with E-state index in [1.54, 1.807) is 0 Å². The van der Waals surface area contributed by atoms with Gasteiger partial charge in [0.15, 0.2) is 0 Å². The van der Waals surface area contributed by atoms with Crippen LogP contribution in [0.15, 0.2) is 33.6 Å². The maximum atomic E-state index is 13.0. The summed E-state index contributed by atoms with van der Waals surface area (Å²) in [6.07, 6.45) is -2.14. The van der Waals surface area contributed by atoms with Crippen molar-refractivity contribution in [3.8, 4) is 0 Å². The molecule has 11 heteroatoms. The summed E-state index contributed by atoms with van der Waals surface area (Å²) in [6, 6.07) is 0. The van der Waals surface area contributed by atoms with Crippen LogP contribution in [0, 0.1) is 5.92 Å². The molecule has 2 heterocycles. The zero-order valence-corrected chi connectivity index (χ0v) is 22.5. The van der Waals surface area contributed by atoms with E-state index >= 15 is 0 Å². The highest BCUT2D eigenvalue weighted by molar-refractivity contribution is 6.74. The molecule has 2 aliphatic heterocycles. The maximum absolute atomic E-state index is 13.0. The Balaban J connectivity index is 2.33. The Morgan fingerprint density at radius 2 is 1.29 bits per heavy atom. The molecule has 0 radical (unpaired) electrons. The van der Waals surface area contributed by atoms with Crippen LogP contribution in [-0.2, 0) is 47.3 Å². The van der Waals surface area contributed by atoms with Crippen molar-refractivity contribution in [2.24, 2.45) is 5.92 Å². The van der Waals surface area contributed by atoms with Gasteiger partial charge in [-0.25, -0.2) is 19.2 Å². The van der Waals surface area contributed by atoms with Gasteiger partial charge in [-0.2, -0.15) is 0 Å². The van der Waals surface area contributed by atoms with E-state index in [4.69, 9.17) is 28.1 Å². The number of methoxy groups -OCH3 is 4. The third-order valence-electron chi connectivity index (χ3n) is 7.17. The number of ether oxygens (including phenoxy) is 5. The SMILES string of the molecule is COC(=O)C1=C(C(=O)OC)[C@H]2C(=C(O[Si](C)(C)C(C)(C)C)C1)[C@H]1O[C@@H]2C(C(=O)OC)=C1C(=O)OC. The zero-order chi connectivity index (χ0) is 26.5. The molecule has 0 aromatic heterocycles. The molecule has 1 saturated heterocycles. The van der Waals surface area contributed by atoms with E-state index in [2.05, 4.69) is 20.8 Å². The molecule has 10 nitrogen and oxygen atoms in total. The van der Waals surface area contributed by atoms with Gasteiger partial charge in [0.2, 0.25) is 8.32 Å². The number of fused-ring (bicyclic) bond motifs is 5. The molecule has 35 heavy (non-hydrogen) atoms. The highest BCUT2D eigenvalue weighted by atomic mass is 28.4. The molecule has 3 atom stereocenters. The Bertz CT molecular complexity index is 1070. The molecule has 1 fully saturated rings. The summed E-state index contributed by atoms with van der Waals surface area (Å²) in [5, 5.41) is -0.190. The summed E-state index contributed by atoms with van der Waals surface area (Å²) in [5.41, 5.74) is 0.507. The largest absolute Gasteiger partial charge is 0.546 e. The molecule has 0 unspecified atom stereocenters. The molecule has 3 rings (SSSR count). The summed E-state index contributed by atoms with van der Waals surface area (Å²) in [4.78, 5) is 51.3. The lowest BCUT2D eigenvalue weighted by Crippen LogP contribution is -2.43. The highest BCUT2D eigenvalue weighted by Gasteiger charge is 2.61. The predicted octanol–water partition coefficient (Wildman–Crippen LogP) is 2.35. The first kappa shape index (κ1) is 26.7. The predicted molar refractivity (Wildman–Crippen MR) is 124 cm³/mol. The van der Waals surface area contributed by atoms with Crippen LogP contribution in [0.2, 0.25) is 18.1 Å². The fourth-order valence-electron chi connectivity index (χ4n) is 4.43. The average molecular weight is 509 g/mol. The quantitative estimate of drug-likeness (QED) is 0.300. The number of hydrogen-bond acceptors (Lipinski definition) is 10. The van der Waals surface area contributed by atoms with Crippen molar-refractivity contribution in [2.75, 3.05) is 28.4 Å². The molecular formula is C24H32O10Si. The van der Waals surface area contributed by atoms with Gasteiger partial charge in [-0.1, -0.05) is 20.8 Å². The van der Waals surface area contributed by atoms with Crippen molar-refractivity contribution in [3.63, 3.8) is 0 Å². The minimum Gasteiger partial charge on any atom is -0.546 e. The first-order valence-electron chi connectivity index (χ1n) is 11.1. The van der Waals surface area contributed by atoms with Gasteiger partial charge in [-0.15, -0.1) is 0 Å². The molecule has 0 N–H and O–H groups in total. The number of rotatable bonds is 6. The second kappa shape index (κ2) is 9.27. The van der Waals surface area contributed by atoms with Crippen LogP contribution in [0.1, 0.15) is 27.2 Å². The molecule has 0 aromatic carbocycles. The Morgan fingerprint density at radius 3 is 1.77 bits per heavy atom. The lowest BCUT2D eigenvalue weighted by molar-refractivity contribution is -0.140. The second-order valence-corrected chi connectivity index (χ2v) is 14.7. The molecule has 1 aliphatic carbocycles. The molecule has 192 valence electrons. The Morgan fingerprint density at radius 1 is 0.800 bits per heavy atom. The normalized spacial score (nSPS) is 23.7. The summed E-state index contributed by atoms with van der Waals surface area (Å²) < 4.78 is 32.6. The van der Waals surface area contributed by atoms with Crippen molar-refractivity contribution in [2.45, 2.75) is 57.5 Å². The number of esters is 4. The second-order valence-electron chi connectivity index (χ2n) is 10.0. The summed E-state index contributed by atoms with van der Waals surface area (Å²) >= 11 is 0. The van der Waals surface area contributed by atoms with E-state index in [1.807, 2.05) is 13.1 Å². The maximum Gasteiger partial charge on any atom is 0.337 e. The zero-order valence-electron chi connectivity index (χ0n) is 21.5. The van der Waals surface area contributed by atoms with E-state index < -0.39 is 50.3 Å². The van der Waals surface area contributed by atoms with Gasteiger partial charge in [0.05, 0.1) is 56.5 Å². The van der Waals surface area contributed by atoms with Crippen molar-refractivity contribution >= 4 is 32.2 Å². The molecule has 3 aliphatic rings. The summed E-state index contributed by atoms with van der Waals surface area (Å²) in [7, 11) is 2.34. The van der Waals surface area contributed by atoms with E-state index in [0.29, 0.717) is 11.3 Å². The summed E-state index contributed by atoms with van der Waals surface area (Å²) in [6.45, 7) is 10.3. The minimum absolute atomic E-state index is 0.00216. The third-order valence-corrected chi connectivity index (χ3v) is 11.5. The monoisotopic (exact) mass is 508 g/mol. The smallest absolute Gasteiger partial charge is 0.337 e. The van der Waals surface area contributed by atoms with Gasteiger partial charge in [0.1, 0.15) is 12.2 Å². The number of carbonyl (C=O) groups excluding carboxylic acids is 4. The standard InChI is InChI=1S/C24H32O10Si/c1-24(2,3)35(8,9)34-12-10-11(20(25)29-4)13(21(26)30-5)15-14(12)18-16(22(27)31-6)17(19(15)33-18)23(28)32-7/h15,18-19H,10H2,1-9H3/t15-,18+,19-/m0/s1. The molecule has 0 aromatic rings. The van der Waals surface area contributed by atoms with Crippen LogP contribution in [0.25, 0.3) is 0 Å². The van der Waals surface area contributed by atoms with E-state index in [9.17, 15) is 19.2 Å². The van der Waals surface area contributed by atoms with E-state index in [0.717, 1.165) is 0 Å². The van der Waals surface area contributed by atoms with Gasteiger partial charge < -0.3 is 28.1 Å². The number of hydrogen-bond donors (Lipinski definition) is 0. The van der Waals surface area contributed by atoms with Crippen LogP contribution in [0.4, 0.5) is 0 Å². The van der Waals surface area contributed by atoms with Crippen LogP contribution in [0.5, 0.6) is 0 Å². The topological polar surface area (TPSA) is 124 Å². The van der Waals surface area contributed by atoms with Crippen LogP contribution in [-0.4, -0.2) is 72.8 Å². The van der Waals surface area contributed by atoms with Crippen molar-refractivity contribution in [1.29, 1.82) is 0 Å². The minimum atomic E-state index is -2.44. The Kier molecular flexibility index (Phi) is 7.06. The third kappa shape index (κ3) is 4.20. The first-order chi connectivity index (χ1) is 16.2. The highest BCUT2D eigenvalue weighted by Crippen LogP contribution is 2.55. The molecule has 2 bridgehead atoms. The van der Waals surface area contributed by atoms with Gasteiger partial charge in [-0.05, 0) is 18.1 Å². The fourth-order valence-corrected chi connectivity index (χ4v) is 5.55. The number of allylic oxidation sites excluding steroid dienone is 1. The molecule has 0 amide bonds. The van der Waals surface area contributed by atoms with Crippen LogP contribution in [0.3, 0.4) is 0 Å². The van der Waals surface area contributed by atoms with E-state index in [1.165, 1.54) is 28.4 Å². The Hall–Kier alpha value is -2.92. The average Bonchev–Trinajstić information content (AvgIpc) is 3.38. The molecule has 0 spiro atoms. The van der Waals surface area contributed by atoms with Gasteiger partial charge in [0, 0.05) is 17.9 Å². The van der Waals surface area contributed by atoms with E-state index in [-0.39, 0.29) is 33.8 Å². The van der Waals surface area contributed by atoms with Gasteiger partial charge in [-0.3, -0.25) is 0 Å². The lowest BCUT2D eigenvalue weighted by atomic mass is 9.71. The van der Waals surface area contributed by atoms with Crippen molar-refractivity contribution in [3.05, 3.63) is 33.6 Å². The van der Waals surface area contributed by atoms with Gasteiger partial charge >= 0.3 is 23.9 Å². The lowest BCUT2D eigenvalue weighted by Gasteiger charge is -2.40. The number of carbonyl (C=O) groups is 4. The Labute approximate surface area is 205 Å². The fraction of sp³-hybridized carbons (Fsp3) is 0.583. The van der Waals surface area contributed by atoms with Crippen molar-refractivity contribution in [1.82, 2.24) is 0 Å². The van der Waals surface area contributed by atoms with Crippen molar-refractivity contribution < 1.29 is 47.3 Å². The molecule has 0 saturated carbocycles. The van der Waals surface area contributed by atoms with Gasteiger partial charge in [0.25, 0.3) is 0 Å². The molecular weight excluding hydrogens is 476 g/mol.